The number of aliphatic hydroxyl groups is 1. The van der Waals surface area contributed by atoms with Gasteiger partial charge < -0.3 is 15.7 Å². The van der Waals surface area contributed by atoms with E-state index >= 15 is 0 Å². The Morgan fingerprint density at radius 2 is 1.84 bits per heavy atom. The van der Waals surface area contributed by atoms with Crippen molar-refractivity contribution in [2.24, 2.45) is 5.73 Å². The lowest BCUT2D eigenvalue weighted by atomic mass is 9.84. The number of aliphatic hydroxyl groups excluding tert-OH is 1. The van der Waals surface area contributed by atoms with Crippen molar-refractivity contribution in [3.8, 4) is 0 Å². The second kappa shape index (κ2) is 6.04. The van der Waals surface area contributed by atoms with Gasteiger partial charge in [0.2, 0.25) is 0 Å². The second-order valence-electron chi connectivity index (χ2n) is 6.58. The van der Waals surface area contributed by atoms with Gasteiger partial charge in [-0.15, -0.1) is 0 Å². The number of hydrogen-bond acceptors (Lipinski definition) is 3. The maximum Gasteiger partial charge on any atom is 0.0601 e. The van der Waals surface area contributed by atoms with Gasteiger partial charge in [-0.2, -0.15) is 0 Å². The van der Waals surface area contributed by atoms with Crippen LogP contribution in [0.25, 0.3) is 0 Å². The van der Waals surface area contributed by atoms with Gasteiger partial charge in [-0.05, 0) is 43.1 Å². The summed E-state index contributed by atoms with van der Waals surface area (Å²) < 4.78 is 0. The molecule has 1 rings (SSSR count). The van der Waals surface area contributed by atoms with Crippen LogP contribution < -0.4 is 5.73 Å². The fourth-order valence-corrected chi connectivity index (χ4v) is 2.47. The molecular formula is C16H28N2O. The number of aryl methyl sites for hydroxylation is 1. The largest absolute Gasteiger partial charge is 0.395 e. The number of likely N-dealkylation sites (N-methyl/N-ethyl adjacent to an activating group) is 1. The third-order valence-corrected chi connectivity index (χ3v) is 3.63. The molecule has 0 aliphatic heterocycles. The first kappa shape index (κ1) is 16.2. The van der Waals surface area contributed by atoms with Crippen molar-refractivity contribution in [2.75, 3.05) is 20.7 Å². The molecule has 0 spiro atoms. The minimum absolute atomic E-state index is 0.0106. The predicted molar refractivity (Wildman–Crippen MR) is 81.4 cm³/mol. The van der Waals surface area contributed by atoms with E-state index in [9.17, 15) is 5.11 Å². The van der Waals surface area contributed by atoms with Gasteiger partial charge in [0.25, 0.3) is 0 Å². The number of nitrogens with zero attached hydrogens (tertiary/aromatic N) is 1. The molecule has 0 aliphatic rings. The first-order chi connectivity index (χ1) is 8.68. The average Bonchev–Trinajstić information content (AvgIpc) is 2.29. The topological polar surface area (TPSA) is 49.5 Å². The van der Waals surface area contributed by atoms with Crippen LogP contribution in [0.4, 0.5) is 0 Å². The molecule has 19 heavy (non-hydrogen) atoms. The Balaban J connectivity index is 3.20. The van der Waals surface area contributed by atoms with Crippen molar-refractivity contribution in [1.29, 1.82) is 0 Å². The van der Waals surface area contributed by atoms with Crippen molar-refractivity contribution >= 4 is 0 Å². The molecule has 0 amide bonds. The number of hydrogen-bond donors (Lipinski definition) is 2. The van der Waals surface area contributed by atoms with E-state index in [1.165, 1.54) is 16.7 Å². The SMILES string of the molecule is Cc1cc(C(C)(C)C)ccc1C(C(N)CO)N(C)C. The molecule has 0 heterocycles. The van der Waals surface area contributed by atoms with E-state index < -0.39 is 0 Å². The average molecular weight is 264 g/mol. The van der Waals surface area contributed by atoms with E-state index in [2.05, 4.69) is 50.8 Å². The maximum absolute atomic E-state index is 9.34. The minimum Gasteiger partial charge on any atom is -0.395 e. The quantitative estimate of drug-likeness (QED) is 0.876. The van der Waals surface area contributed by atoms with Crippen LogP contribution in [0.1, 0.15) is 43.5 Å². The summed E-state index contributed by atoms with van der Waals surface area (Å²) in [4.78, 5) is 2.07. The Bertz CT molecular complexity index is 421. The van der Waals surface area contributed by atoms with Crippen LogP contribution in [-0.4, -0.2) is 36.8 Å². The highest BCUT2D eigenvalue weighted by molar-refractivity contribution is 5.37. The van der Waals surface area contributed by atoms with Gasteiger partial charge in [0, 0.05) is 6.04 Å². The van der Waals surface area contributed by atoms with Gasteiger partial charge in [0.1, 0.15) is 0 Å². The van der Waals surface area contributed by atoms with E-state index in [-0.39, 0.29) is 24.1 Å². The van der Waals surface area contributed by atoms with Crippen LogP contribution in [0.3, 0.4) is 0 Å². The van der Waals surface area contributed by atoms with Crippen molar-refractivity contribution in [2.45, 2.75) is 45.2 Å². The molecule has 2 unspecified atom stereocenters. The predicted octanol–water partition coefficient (Wildman–Crippen LogP) is 2.21. The van der Waals surface area contributed by atoms with E-state index in [4.69, 9.17) is 5.73 Å². The Morgan fingerprint density at radius 1 is 1.26 bits per heavy atom. The number of rotatable bonds is 4. The Kier molecular flexibility index (Phi) is 5.13. The van der Waals surface area contributed by atoms with Gasteiger partial charge in [0.15, 0.2) is 0 Å². The fraction of sp³-hybridized carbons (Fsp3) is 0.625. The molecule has 2 atom stereocenters. The Hall–Kier alpha value is -0.900. The molecule has 0 aliphatic carbocycles. The van der Waals surface area contributed by atoms with Crippen LogP contribution in [0.2, 0.25) is 0 Å². The summed E-state index contributed by atoms with van der Waals surface area (Å²) in [6.07, 6.45) is 0. The highest BCUT2D eigenvalue weighted by Crippen LogP contribution is 2.29. The third-order valence-electron chi connectivity index (χ3n) is 3.63. The van der Waals surface area contributed by atoms with E-state index in [0.29, 0.717) is 0 Å². The molecule has 1 aromatic carbocycles. The van der Waals surface area contributed by atoms with Gasteiger partial charge in [-0.25, -0.2) is 0 Å². The molecule has 0 saturated heterocycles. The molecule has 0 aromatic heterocycles. The molecule has 0 bridgehead atoms. The summed E-state index contributed by atoms with van der Waals surface area (Å²) in [5.74, 6) is 0. The standard InChI is InChI=1S/C16H28N2O/c1-11-9-12(16(2,3)4)7-8-13(11)15(18(5)6)14(17)10-19/h7-9,14-15,19H,10,17H2,1-6H3. The van der Waals surface area contributed by atoms with Crippen LogP contribution in [0.5, 0.6) is 0 Å². The Labute approximate surface area is 117 Å². The summed E-state index contributed by atoms with van der Waals surface area (Å²) in [6, 6.07) is 6.32. The zero-order chi connectivity index (χ0) is 14.8. The minimum atomic E-state index is -0.269. The summed E-state index contributed by atoms with van der Waals surface area (Å²) in [7, 11) is 3.99. The summed E-state index contributed by atoms with van der Waals surface area (Å²) in [5.41, 5.74) is 9.95. The van der Waals surface area contributed by atoms with Crippen LogP contribution in [-0.2, 0) is 5.41 Å². The summed E-state index contributed by atoms with van der Waals surface area (Å²) >= 11 is 0. The zero-order valence-electron chi connectivity index (χ0n) is 13.1. The van der Waals surface area contributed by atoms with Crippen molar-refractivity contribution in [3.05, 3.63) is 34.9 Å². The van der Waals surface area contributed by atoms with Gasteiger partial charge in [0.05, 0.1) is 12.6 Å². The molecule has 108 valence electrons. The second-order valence-corrected chi connectivity index (χ2v) is 6.58. The Morgan fingerprint density at radius 3 is 2.21 bits per heavy atom. The van der Waals surface area contributed by atoms with Crippen LogP contribution in [0, 0.1) is 6.92 Å². The number of nitrogens with two attached hydrogens (primary N) is 1. The lowest BCUT2D eigenvalue weighted by Crippen LogP contribution is -2.40. The van der Waals surface area contributed by atoms with Gasteiger partial charge >= 0.3 is 0 Å². The first-order valence-corrected chi connectivity index (χ1v) is 6.82. The molecule has 1 aromatic rings. The fourth-order valence-electron chi connectivity index (χ4n) is 2.47. The highest BCUT2D eigenvalue weighted by Gasteiger charge is 2.24. The molecular weight excluding hydrogens is 236 g/mol. The van der Waals surface area contributed by atoms with Crippen molar-refractivity contribution in [3.63, 3.8) is 0 Å². The van der Waals surface area contributed by atoms with Crippen LogP contribution >= 0.6 is 0 Å². The summed E-state index contributed by atoms with van der Waals surface area (Å²) in [5, 5.41) is 9.34. The molecule has 3 heteroatoms. The molecule has 3 nitrogen and oxygen atoms in total. The van der Waals surface area contributed by atoms with E-state index in [0.717, 1.165) is 0 Å². The maximum atomic E-state index is 9.34. The van der Waals surface area contributed by atoms with E-state index in [1.54, 1.807) is 0 Å². The lowest BCUT2D eigenvalue weighted by Gasteiger charge is -2.31. The zero-order valence-corrected chi connectivity index (χ0v) is 13.1. The highest BCUT2D eigenvalue weighted by atomic mass is 16.3. The molecule has 3 N–H and O–H groups in total. The first-order valence-electron chi connectivity index (χ1n) is 6.82. The van der Waals surface area contributed by atoms with E-state index in [1.807, 2.05) is 14.1 Å². The monoisotopic (exact) mass is 264 g/mol. The molecule has 0 fully saturated rings. The van der Waals surface area contributed by atoms with Crippen molar-refractivity contribution < 1.29 is 5.11 Å². The van der Waals surface area contributed by atoms with Gasteiger partial charge in [-0.3, -0.25) is 0 Å². The molecule has 0 saturated carbocycles. The molecule has 0 radical (unpaired) electrons. The smallest absolute Gasteiger partial charge is 0.0601 e. The van der Waals surface area contributed by atoms with Crippen molar-refractivity contribution in [1.82, 2.24) is 4.90 Å². The third kappa shape index (κ3) is 3.78. The summed E-state index contributed by atoms with van der Waals surface area (Å²) in [6.45, 7) is 8.74. The van der Waals surface area contributed by atoms with Crippen LogP contribution in [0.15, 0.2) is 18.2 Å². The normalized spacial score (nSPS) is 15.6. The van der Waals surface area contributed by atoms with Gasteiger partial charge in [-0.1, -0.05) is 39.0 Å². The number of benzene rings is 1. The lowest BCUT2D eigenvalue weighted by molar-refractivity contribution is 0.181.